The van der Waals surface area contributed by atoms with E-state index >= 15 is 0 Å². The van der Waals surface area contributed by atoms with Crippen LogP contribution in [-0.2, 0) is 4.74 Å². The first-order valence-electron chi connectivity index (χ1n) is 6.47. The topological polar surface area (TPSA) is 12.5 Å². The highest BCUT2D eigenvalue weighted by Gasteiger charge is 2.50. The smallest absolute Gasteiger partial charge is 0.0814 e. The molecule has 0 spiro atoms. The summed E-state index contributed by atoms with van der Waals surface area (Å²) < 4.78 is 5.90. The second-order valence-electron chi connectivity index (χ2n) is 5.52. The van der Waals surface area contributed by atoms with Crippen molar-refractivity contribution >= 4 is 5.69 Å². The van der Waals surface area contributed by atoms with Gasteiger partial charge in [-0.25, -0.2) is 0 Å². The summed E-state index contributed by atoms with van der Waals surface area (Å²) in [4.78, 5) is 2.52. The van der Waals surface area contributed by atoms with Gasteiger partial charge in [-0.1, -0.05) is 29.8 Å². The number of aryl methyl sites for hydroxylation is 1. The van der Waals surface area contributed by atoms with Gasteiger partial charge in [0.1, 0.15) is 0 Å². The van der Waals surface area contributed by atoms with Crippen molar-refractivity contribution in [1.29, 1.82) is 0 Å². The molecule has 17 heavy (non-hydrogen) atoms. The molecule has 4 rings (SSSR count). The van der Waals surface area contributed by atoms with Crippen molar-refractivity contribution in [3.8, 4) is 0 Å². The highest BCUT2D eigenvalue weighted by atomic mass is 16.5. The van der Waals surface area contributed by atoms with E-state index in [1.54, 1.807) is 0 Å². The predicted octanol–water partition coefficient (Wildman–Crippen LogP) is 2.38. The number of benzene rings is 1. The van der Waals surface area contributed by atoms with E-state index in [2.05, 4.69) is 48.2 Å². The number of nitrogens with zero attached hydrogens (tertiary/aromatic N) is 1. The highest BCUT2D eigenvalue weighted by molar-refractivity contribution is 5.49. The lowest BCUT2D eigenvalue weighted by atomic mass is 9.86. The highest BCUT2D eigenvalue weighted by Crippen LogP contribution is 2.44. The van der Waals surface area contributed by atoms with Gasteiger partial charge in [0.05, 0.1) is 12.2 Å². The second-order valence-corrected chi connectivity index (χ2v) is 5.52. The molecule has 0 aromatic heterocycles. The van der Waals surface area contributed by atoms with Crippen molar-refractivity contribution in [2.24, 2.45) is 11.8 Å². The Morgan fingerprint density at radius 1 is 1.00 bits per heavy atom. The van der Waals surface area contributed by atoms with Crippen LogP contribution in [0.1, 0.15) is 5.56 Å². The van der Waals surface area contributed by atoms with Crippen LogP contribution in [0.15, 0.2) is 36.4 Å². The Kier molecular flexibility index (Phi) is 1.92. The van der Waals surface area contributed by atoms with Gasteiger partial charge in [-0.05, 0) is 19.1 Å². The van der Waals surface area contributed by atoms with Gasteiger partial charge in [-0.2, -0.15) is 0 Å². The molecular weight excluding hydrogens is 210 g/mol. The zero-order chi connectivity index (χ0) is 11.4. The van der Waals surface area contributed by atoms with E-state index in [-0.39, 0.29) is 0 Å². The summed E-state index contributed by atoms with van der Waals surface area (Å²) in [5.74, 6) is 1.43. The average molecular weight is 227 g/mol. The molecule has 2 saturated heterocycles. The van der Waals surface area contributed by atoms with E-state index in [1.807, 2.05) is 0 Å². The molecule has 88 valence electrons. The van der Waals surface area contributed by atoms with Gasteiger partial charge in [-0.15, -0.1) is 0 Å². The first-order valence-corrected chi connectivity index (χ1v) is 6.47. The van der Waals surface area contributed by atoms with Gasteiger partial charge in [0.15, 0.2) is 0 Å². The molecule has 4 unspecified atom stereocenters. The normalized spacial score (nSPS) is 37.8. The van der Waals surface area contributed by atoms with Gasteiger partial charge in [0, 0.05) is 30.6 Å². The number of ether oxygens (including phenoxy) is 1. The fraction of sp³-hybridized carbons (Fsp3) is 0.467. The number of hydrogen-bond acceptors (Lipinski definition) is 2. The monoisotopic (exact) mass is 227 g/mol. The zero-order valence-electron chi connectivity index (χ0n) is 10.0. The lowest BCUT2D eigenvalue weighted by Gasteiger charge is -2.21. The summed E-state index contributed by atoms with van der Waals surface area (Å²) in [7, 11) is 0. The number of rotatable bonds is 1. The van der Waals surface area contributed by atoms with Crippen LogP contribution in [0.5, 0.6) is 0 Å². The van der Waals surface area contributed by atoms with Gasteiger partial charge in [0.25, 0.3) is 0 Å². The van der Waals surface area contributed by atoms with E-state index in [0.29, 0.717) is 24.0 Å². The number of hydrogen-bond donors (Lipinski definition) is 0. The summed E-state index contributed by atoms with van der Waals surface area (Å²) in [5, 5.41) is 0. The molecule has 1 aromatic carbocycles. The Hall–Kier alpha value is -1.28. The SMILES string of the molecule is Cc1ccc(N2CC3C4C=CC(O4)C3C2)cc1. The van der Waals surface area contributed by atoms with Crippen molar-refractivity contribution in [2.45, 2.75) is 19.1 Å². The molecule has 0 aliphatic carbocycles. The van der Waals surface area contributed by atoms with Crippen LogP contribution in [0.3, 0.4) is 0 Å². The molecule has 3 aliphatic heterocycles. The Labute approximate surface area is 102 Å². The Bertz CT molecular complexity index is 444. The molecule has 0 N–H and O–H groups in total. The second kappa shape index (κ2) is 3.36. The van der Waals surface area contributed by atoms with E-state index in [0.717, 1.165) is 13.1 Å². The third-order valence-corrected chi connectivity index (χ3v) is 4.46. The maximum absolute atomic E-state index is 5.90. The molecule has 0 amide bonds. The average Bonchev–Trinajstić information content (AvgIpc) is 3.02. The van der Waals surface area contributed by atoms with Crippen LogP contribution in [-0.4, -0.2) is 25.3 Å². The van der Waals surface area contributed by atoms with Crippen LogP contribution >= 0.6 is 0 Å². The fourth-order valence-electron chi connectivity index (χ4n) is 3.49. The number of anilines is 1. The predicted molar refractivity (Wildman–Crippen MR) is 68.2 cm³/mol. The summed E-state index contributed by atoms with van der Waals surface area (Å²) >= 11 is 0. The Balaban J connectivity index is 1.58. The van der Waals surface area contributed by atoms with Crippen LogP contribution < -0.4 is 4.90 Å². The lowest BCUT2D eigenvalue weighted by Crippen LogP contribution is -2.24. The van der Waals surface area contributed by atoms with Gasteiger partial charge >= 0.3 is 0 Å². The summed E-state index contributed by atoms with van der Waals surface area (Å²) in [6.07, 6.45) is 5.29. The van der Waals surface area contributed by atoms with Crippen molar-refractivity contribution in [3.63, 3.8) is 0 Å². The molecular formula is C15H17NO. The molecule has 2 nitrogen and oxygen atoms in total. The van der Waals surface area contributed by atoms with Gasteiger partial charge in [0.2, 0.25) is 0 Å². The summed E-state index contributed by atoms with van der Waals surface area (Å²) in [5.41, 5.74) is 2.70. The van der Waals surface area contributed by atoms with Gasteiger partial charge < -0.3 is 9.64 Å². The molecule has 3 heterocycles. The third-order valence-electron chi connectivity index (χ3n) is 4.46. The molecule has 2 heteroatoms. The Morgan fingerprint density at radius 2 is 1.59 bits per heavy atom. The quantitative estimate of drug-likeness (QED) is 0.683. The Morgan fingerprint density at radius 3 is 2.18 bits per heavy atom. The van der Waals surface area contributed by atoms with Crippen LogP contribution in [0, 0.1) is 18.8 Å². The first-order chi connectivity index (χ1) is 8.31. The molecule has 0 saturated carbocycles. The van der Waals surface area contributed by atoms with Crippen molar-refractivity contribution in [1.82, 2.24) is 0 Å². The molecule has 2 fully saturated rings. The third kappa shape index (κ3) is 1.37. The molecule has 0 radical (unpaired) electrons. The van der Waals surface area contributed by atoms with E-state index in [4.69, 9.17) is 4.74 Å². The summed E-state index contributed by atoms with van der Waals surface area (Å²) in [6, 6.07) is 8.89. The largest absolute Gasteiger partial charge is 0.371 e. The number of fused-ring (bicyclic) bond motifs is 5. The van der Waals surface area contributed by atoms with E-state index in [1.165, 1.54) is 11.3 Å². The molecule has 3 aliphatic rings. The minimum Gasteiger partial charge on any atom is -0.371 e. The maximum atomic E-state index is 5.90. The minimum atomic E-state index is 0.389. The fourth-order valence-corrected chi connectivity index (χ4v) is 3.49. The van der Waals surface area contributed by atoms with Crippen LogP contribution in [0.4, 0.5) is 5.69 Å². The van der Waals surface area contributed by atoms with Crippen molar-refractivity contribution < 1.29 is 4.74 Å². The molecule has 4 atom stereocenters. The van der Waals surface area contributed by atoms with Crippen molar-refractivity contribution in [3.05, 3.63) is 42.0 Å². The van der Waals surface area contributed by atoms with Crippen LogP contribution in [0.25, 0.3) is 0 Å². The van der Waals surface area contributed by atoms with Gasteiger partial charge in [-0.3, -0.25) is 0 Å². The minimum absolute atomic E-state index is 0.389. The lowest BCUT2D eigenvalue weighted by molar-refractivity contribution is 0.100. The van der Waals surface area contributed by atoms with E-state index < -0.39 is 0 Å². The first kappa shape index (κ1) is 9.72. The standard InChI is InChI=1S/C15H17NO/c1-10-2-4-11(5-3-10)16-8-12-13(9-16)15-7-6-14(12)17-15/h2-7,12-15H,8-9H2,1H3. The molecule has 1 aromatic rings. The van der Waals surface area contributed by atoms with Crippen molar-refractivity contribution in [2.75, 3.05) is 18.0 Å². The summed E-state index contributed by atoms with van der Waals surface area (Å²) in [6.45, 7) is 4.44. The van der Waals surface area contributed by atoms with Crippen LogP contribution in [0.2, 0.25) is 0 Å². The molecule has 2 bridgehead atoms. The maximum Gasteiger partial charge on any atom is 0.0814 e. The van der Waals surface area contributed by atoms with E-state index in [9.17, 15) is 0 Å². The zero-order valence-corrected chi connectivity index (χ0v) is 10.0.